The molecule has 0 unspecified atom stereocenters. The molecule has 5 N–H and O–H groups in total. The Morgan fingerprint density at radius 3 is 2.40 bits per heavy atom. The van der Waals surface area contributed by atoms with Gasteiger partial charge in [0.2, 0.25) is 11.8 Å². The van der Waals surface area contributed by atoms with Crippen LogP contribution in [0, 0.1) is 5.82 Å². The van der Waals surface area contributed by atoms with E-state index in [0.29, 0.717) is 0 Å². The van der Waals surface area contributed by atoms with Gasteiger partial charge >= 0.3 is 6.09 Å². The van der Waals surface area contributed by atoms with Gasteiger partial charge in [0.25, 0.3) is 0 Å². The van der Waals surface area contributed by atoms with Gasteiger partial charge in [0.05, 0.1) is 12.5 Å². The van der Waals surface area contributed by atoms with Gasteiger partial charge in [-0.2, -0.15) is 0 Å². The number of aliphatic hydroxyl groups excluding tert-OH is 1. The fourth-order valence-electron chi connectivity index (χ4n) is 2.62. The minimum absolute atomic E-state index is 0.0690. The van der Waals surface area contributed by atoms with Crippen LogP contribution in [0.4, 0.5) is 9.18 Å². The average Bonchev–Trinajstić information content (AvgIpc) is 2.72. The third-order valence-electron chi connectivity index (χ3n) is 4.18. The summed E-state index contributed by atoms with van der Waals surface area (Å²) >= 11 is 0. The van der Waals surface area contributed by atoms with Crippen LogP contribution in [0.5, 0.6) is 0 Å². The van der Waals surface area contributed by atoms with Crippen LogP contribution in [0.1, 0.15) is 17.5 Å². The maximum Gasteiger partial charge on any atom is 0.407 e. The van der Waals surface area contributed by atoms with Crippen LogP contribution < -0.4 is 16.4 Å². The number of hydrogen-bond donors (Lipinski definition) is 4. The molecule has 0 saturated heterocycles. The summed E-state index contributed by atoms with van der Waals surface area (Å²) in [6, 6.07) is 13.7. The first-order valence-corrected chi connectivity index (χ1v) is 9.30. The summed E-state index contributed by atoms with van der Waals surface area (Å²) in [5.74, 6) is -2.01. The summed E-state index contributed by atoms with van der Waals surface area (Å²) < 4.78 is 18.7. The predicted octanol–water partition coefficient (Wildman–Crippen LogP) is 1.02. The summed E-state index contributed by atoms with van der Waals surface area (Å²) in [4.78, 5) is 35.3. The Balaban J connectivity index is 1.74. The van der Waals surface area contributed by atoms with Crippen LogP contribution in [0.25, 0.3) is 0 Å². The zero-order chi connectivity index (χ0) is 21.9. The Hall–Kier alpha value is -3.46. The van der Waals surface area contributed by atoms with Gasteiger partial charge in [-0.1, -0.05) is 48.5 Å². The normalized spacial score (nSPS) is 12.5. The van der Waals surface area contributed by atoms with Gasteiger partial charge in [0, 0.05) is 13.0 Å². The van der Waals surface area contributed by atoms with Crippen molar-refractivity contribution in [3.05, 3.63) is 71.5 Å². The van der Waals surface area contributed by atoms with Crippen molar-refractivity contribution >= 4 is 17.9 Å². The molecule has 0 aliphatic heterocycles. The molecule has 2 aromatic carbocycles. The monoisotopic (exact) mass is 417 g/mol. The summed E-state index contributed by atoms with van der Waals surface area (Å²) in [5.41, 5.74) is 6.31. The van der Waals surface area contributed by atoms with E-state index in [2.05, 4.69) is 10.6 Å². The number of amides is 3. The molecule has 0 bridgehead atoms. The zero-order valence-electron chi connectivity index (χ0n) is 16.2. The first-order valence-electron chi connectivity index (χ1n) is 9.30. The number of hydrogen-bond acceptors (Lipinski definition) is 5. The van der Waals surface area contributed by atoms with E-state index in [1.807, 2.05) is 18.2 Å². The van der Waals surface area contributed by atoms with E-state index in [9.17, 15) is 23.9 Å². The lowest BCUT2D eigenvalue weighted by Gasteiger charge is -2.17. The van der Waals surface area contributed by atoms with Crippen molar-refractivity contribution in [1.82, 2.24) is 10.6 Å². The van der Waals surface area contributed by atoms with Crippen molar-refractivity contribution in [3.8, 4) is 0 Å². The quantitative estimate of drug-likeness (QED) is 0.458. The number of aliphatic hydroxyl groups is 1. The summed E-state index contributed by atoms with van der Waals surface area (Å²) in [5, 5.41) is 14.7. The first kappa shape index (κ1) is 22.8. The molecular weight excluding hydrogens is 393 g/mol. The van der Waals surface area contributed by atoms with Crippen LogP contribution >= 0.6 is 0 Å². The number of carbonyl (C=O) groups excluding carboxylic acids is 3. The van der Waals surface area contributed by atoms with E-state index < -0.39 is 35.9 Å². The summed E-state index contributed by atoms with van der Waals surface area (Å²) in [6.45, 7) is -0.158. The minimum Gasteiger partial charge on any atom is -0.445 e. The Labute approximate surface area is 173 Å². The highest BCUT2D eigenvalue weighted by molar-refractivity contribution is 5.87. The molecule has 160 valence electrons. The van der Waals surface area contributed by atoms with Crippen LogP contribution in [0.3, 0.4) is 0 Å². The molecule has 0 saturated carbocycles. The number of nitrogens with one attached hydrogen (secondary N) is 2. The molecule has 0 heterocycles. The molecule has 2 atom stereocenters. The van der Waals surface area contributed by atoms with Crippen molar-refractivity contribution in [1.29, 1.82) is 0 Å². The number of nitrogens with two attached hydrogens (primary N) is 1. The first-order chi connectivity index (χ1) is 14.3. The molecule has 0 radical (unpaired) electrons. The van der Waals surface area contributed by atoms with Crippen LogP contribution in [-0.2, 0) is 27.4 Å². The van der Waals surface area contributed by atoms with E-state index in [0.717, 1.165) is 5.56 Å². The largest absolute Gasteiger partial charge is 0.445 e. The highest BCUT2D eigenvalue weighted by atomic mass is 19.1. The summed E-state index contributed by atoms with van der Waals surface area (Å²) in [6.07, 6.45) is -2.46. The third-order valence-corrected chi connectivity index (χ3v) is 4.18. The molecule has 3 amide bonds. The Bertz CT molecular complexity index is 863. The number of rotatable bonds is 10. The molecule has 9 heteroatoms. The second-order valence-electron chi connectivity index (χ2n) is 6.62. The van der Waals surface area contributed by atoms with Crippen molar-refractivity contribution in [2.75, 3.05) is 6.54 Å². The van der Waals surface area contributed by atoms with Crippen molar-refractivity contribution in [3.63, 3.8) is 0 Å². The van der Waals surface area contributed by atoms with E-state index in [1.165, 1.54) is 18.2 Å². The van der Waals surface area contributed by atoms with E-state index in [1.54, 1.807) is 18.2 Å². The van der Waals surface area contributed by atoms with E-state index in [-0.39, 0.29) is 31.6 Å². The number of alkyl carbamates (subject to hydrolysis) is 1. The standard InChI is InChI=1S/C21H24FN3O5/c22-17-9-5-4-8-15(17)10-18(20(23)28)25-19(27)11-16(26)12-24-21(29)30-13-14-6-2-1-3-7-14/h1-9,16,18,26H,10-13H2,(H2,23,28)(H,24,29)(H,25,27)/t16-,18-/m1/s1. The highest BCUT2D eigenvalue weighted by Gasteiger charge is 2.21. The number of benzene rings is 2. The molecule has 0 fully saturated rings. The maximum absolute atomic E-state index is 13.8. The maximum atomic E-state index is 13.8. The van der Waals surface area contributed by atoms with Gasteiger partial charge in [0.15, 0.2) is 0 Å². The topological polar surface area (TPSA) is 131 Å². The van der Waals surface area contributed by atoms with E-state index >= 15 is 0 Å². The van der Waals surface area contributed by atoms with Crippen molar-refractivity contribution in [2.45, 2.75) is 31.6 Å². The molecule has 0 aromatic heterocycles. The molecule has 2 aromatic rings. The van der Waals surface area contributed by atoms with Gasteiger partial charge in [-0.05, 0) is 17.2 Å². The number of halogens is 1. The summed E-state index contributed by atoms with van der Waals surface area (Å²) in [7, 11) is 0. The molecule has 2 rings (SSSR count). The number of primary amides is 1. The molecular formula is C21H24FN3O5. The average molecular weight is 417 g/mol. The fourth-order valence-corrected chi connectivity index (χ4v) is 2.62. The molecule has 0 aliphatic rings. The van der Waals surface area contributed by atoms with Crippen LogP contribution in [0.2, 0.25) is 0 Å². The van der Waals surface area contributed by atoms with Gasteiger partial charge in [-0.25, -0.2) is 9.18 Å². The lowest BCUT2D eigenvalue weighted by atomic mass is 10.0. The third kappa shape index (κ3) is 7.88. The lowest BCUT2D eigenvalue weighted by Crippen LogP contribution is -2.47. The second kappa shape index (κ2) is 11.5. The van der Waals surface area contributed by atoms with Crippen LogP contribution in [-0.4, -0.2) is 41.7 Å². The number of carbonyl (C=O) groups is 3. The molecule has 0 spiro atoms. The number of ether oxygens (including phenoxy) is 1. The Morgan fingerprint density at radius 1 is 1.07 bits per heavy atom. The van der Waals surface area contributed by atoms with Crippen LogP contribution in [0.15, 0.2) is 54.6 Å². The molecule has 8 nitrogen and oxygen atoms in total. The Morgan fingerprint density at radius 2 is 1.73 bits per heavy atom. The SMILES string of the molecule is NC(=O)[C@@H](Cc1ccccc1F)NC(=O)C[C@@H](O)CNC(=O)OCc1ccccc1. The smallest absolute Gasteiger partial charge is 0.407 e. The van der Waals surface area contributed by atoms with Crippen molar-refractivity contribution in [2.24, 2.45) is 5.73 Å². The molecule has 30 heavy (non-hydrogen) atoms. The van der Waals surface area contributed by atoms with E-state index in [4.69, 9.17) is 10.5 Å². The highest BCUT2D eigenvalue weighted by Crippen LogP contribution is 2.09. The predicted molar refractivity (Wildman–Crippen MR) is 106 cm³/mol. The Kier molecular flexibility index (Phi) is 8.76. The lowest BCUT2D eigenvalue weighted by molar-refractivity contribution is -0.128. The van der Waals surface area contributed by atoms with Gasteiger partial charge < -0.3 is 26.2 Å². The van der Waals surface area contributed by atoms with Crippen molar-refractivity contribution < 1.29 is 28.6 Å². The fraction of sp³-hybridized carbons (Fsp3) is 0.286. The zero-order valence-corrected chi connectivity index (χ0v) is 16.2. The van der Waals surface area contributed by atoms with Gasteiger partial charge in [-0.15, -0.1) is 0 Å². The minimum atomic E-state index is -1.21. The second-order valence-corrected chi connectivity index (χ2v) is 6.62. The molecule has 0 aliphatic carbocycles. The van der Waals surface area contributed by atoms with Gasteiger partial charge in [-0.3, -0.25) is 9.59 Å². The van der Waals surface area contributed by atoms with Gasteiger partial charge in [0.1, 0.15) is 18.5 Å².